The Morgan fingerprint density at radius 3 is 2.65 bits per heavy atom. The number of aliphatic carboxylic acids is 1. The van der Waals surface area contributed by atoms with Crippen molar-refractivity contribution in [2.75, 3.05) is 0 Å². The predicted molar refractivity (Wildman–Crippen MR) is 64.0 cm³/mol. The van der Waals surface area contributed by atoms with E-state index < -0.39 is 11.5 Å². The van der Waals surface area contributed by atoms with Crippen LogP contribution in [-0.4, -0.2) is 26.4 Å². The maximum Gasteiger partial charge on any atom is 0.323 e. The van der Waals surface area contributed by atoms with E-state index in [1.54, 1.807) is 11.7 Å². The minimum atomic E-state index is -0.776. The van der Waals surface area contributed by atoms with E-state index in [2.05, 4.69) is 10.4 Å². The van der Waals surface area contributed by atoms with Crippen LogP contribution < -0.4 is 5.32 Å². The van der Waals surface area contributed by atoms with E-state index in [-0.39, 0.29) is 0 Å². The van der Waals surface area contributed by atoms with Crippen molar-refractivity contribution in [2.24, 2.45) is 7.05 Å². The molecule has 2 N–H and O–H groups in total. The molecule has 5 nitrogen and oxygen atoms in total. The van der Waals surface area contributed by atoms with Gasteiger partial charge < -0.3 is 5.11 Å². The van der Waals surface area contributed by atoms with E-state index >= 15 is 0 Å². The molecule has 0 aliphatic heterocycles. The largest absolute Gasteiger partial charge is 0.480 e. The number of carboxylic acids is 1. The number of aromatic nitrogens is 2. The molecule has 0 saturated heterocycles. The van der Waals surface area contributed by atoms with Gasteiger partial charge in [-0.25, -0.2) is 0 Å². The van der Waals surface area contributed by atoms with Crippen molar-refractivity contribution in [1.82, 2.24) is 15.1 Å². The van der Waals surface area contributed by atoms with Gasteiger partial charge in [0.1, 0.15) is 10.7 Å². The van der Waals surface area contributed by atoms with Gasteiger partial charge in [0, 0.05) is 19.2 Å². The Labute approximate surface area is 105 Å². The van der Waals surface area contributed by atoms with Crippen LogP contribution >= 0.6 is 11.6 Å². The molecule has 1 aromatic heterocycles. The zero-order valence-electron chi connectivity index (χ0n) is 9.96. The highest BCUT2D eigenvalue weighted by molar-refractivity contribution is 6.30. The third-order valence-electron chi connectivity index (χ3n) is 3.49. The molecule has 94 valence electrons. The predicted octanol–water partition coefficient (Wildman–Crippen LogP) is 1.48. The summed E-state index contributed by atoms with van der Waals surface area (Å²) in [7, 11) is 1.77. The highest BCUT2D eigenvalue weighted by atomic mass is 35.5. The lowest BCUT2D eigenvalue weighted by Crippen LogP contribution is -2.56. The average molecular weight is 258 g/mol. The van der Waals surface area contributed by atoms with E-state index in [4.69, 9.17) is 11.6 Å². The summed E-state index contributed by atoms with van der Waals surface area (Å²) in [4.78, 5) is 11.2. The van der Waals surface area contributed by atoms with E-state index in [0.717, 1.165) is 17.7 Å². The molecule has 0 bridgehead atoms. The van der Waals surface area contributed by atoms with Gasteiger partial charge in [0.2, 0.25) is 0 Å². The molecule has 1 saturated carbocycles. The number of aryl methyl sites for hydroxylation is 2. The summed E-state index contributed by atoms with van der Waals surface area (Å²) in [6.07, 6.45) is 2.32. The minimum Gasteiger partial charge on any atom is -0.480 e. The number of nitrogens with one attached hydrogen (secondary N) is 1. The maximum atomic E-state index is 11.2. The first-order valence-electron chi connectivity index (χ1n) is 5.63. The molecular formula is C11H16ClN3O2. The first kappa shape index (κ1) is 12.4. The Morgan fingerprint density at radius 2 is 2.29 bits per heavy atom. The Bertz CT molecular complexity index is 452. The Morgan fingerprint density at radius 1 is 1.65 bits per heavy atom. The Balaban J connectivity index is 2.09. The van der Waals surface area contributed by atoms with E-state index in [1.165, 1.54) is 0 Å². The van der Waals surface area contributed by atoms with Crippen LogP contribution in [0.2, 0.25) is 5.15 Å². The van der Waals surface area contributed by atoms with Crippen LogP contribution in [0, 0.1) is 6.92 Å². The van der Waals surface area contributed by atoms with Gasteiger partial charge in [0.05, 0.1) is 5.69 Å². The number of carbonyl (C=O) groups is 1. The van der Waals surface area contributed by atoms with Crippen molar-refractivity contribution in [2.45, 2.75) is 38.3 Å². The van der Waals surface area contributed by atoms with Crippen molar-refractivity contribution in [1.29, 1.82) is 0 Å². The molecular weight excluding hydrogens is 242 g/mol. The molecule has 0 atom stereocenters. The highest BCUT2D eigenvalue weighted by Gasteiger charge is 2.44. The molecule has 6 heteroatoms. The molecule has 0 amide bonds. The minimum absolute atomic E-state index is 0.449. The lowest BCUT2D eigenvalue weighted by atomic mass is 9.76. The number of hydrogen-bond donors (Lipinski definition) is 2. The summed E-state index contributed by atoms with van der Waals surface area (Å²) in [6.45, 7) is 2.32. The van der Waals surface area contributed by atoms with Crippen LogP contribution in [0.4, 0.5) is 0 Å². The summed E-state index contributed by atoms with van der Waals surface area (Å²) < 4.78 is 1.60. The third-order valence-corrected chi connectivity index (χ3v) is 3.96. The van der Waals surface area contributed by atoms with Gasteiger partial charge in [0.15, 0.2) is 0 Å². The fourth-order valence-corrected chi connectivity index (χ4v) is 2.37. The second-order valence-electron chi connectivity index (χ2n) is 4.57. The number of halogens is 1. The normalized spacial score (nSPS) is 17.8. The van der Waals surface area contributed by atoms with Crippen LogP contribution in [0.15, 0.2) is 0 Å². The topological polar surface area (TPSA) is 67.2 Å². The van der Waals surface area contributed by atoms with E-state index in [1.807, 2.05) is 6.92 Å². The highest BCUT2D eigenvalue weighted by Crippen LogP contribution is 2.33. The molecule has 2 rings (SSSR count). The van der Waals surface area contributed by atoms with Crippen molar-refractivity contribution >= 4 is 17.6 Å². The molecule has 1 aliphatic carbocycles. The molecule has 0 aromatic carbocycles. The number of hydrogen-bond acceptors (Lipinski definition) is 3. The standard InChI is InChI=1S/C11H16ClN3O2/c1-7-8(9(12)15(2)14-7)6-13-11(10(16)17)4-3-5-11/h13H,3-6H2,1-2H3,(H,16,17). The quantitative estimate of drug-likeness (QED) is 0.857. The van der Waals surface area contributed by atoms with Crippen LogP contribution in [0.5, 0.6) is 0 Å². The number of carboxylic acid groups (broad SMARTS) is 1. The monoisotopic (exact) mass is 257 g/mol. The van der Waals surface area contributed by atoms with Crippen LogP contribution in [0.3, 0.4) is 0 Å². The summed E-state index contributed by atoms with van der Waals surface area (Å²) in [5, 5.41) is 17.1. The number of rotatable bonds is 4. The fourth-order valence-electron chi connectivity index (χ4n) is 2.13. The van der Waals surface area contributed by atoms with Crippen molar-refractivity contribution < 1.29 is 9.90 Å². The van der Waals surface area contributed by atoms with Gasteiger partial charge in [0.25, 0.3) is 0 Å². The smallest absolute Gasteiger partial charge is 0.323 e. The van der Waals surface area contributed by atoms with E-state index in [9.17, 15) is 9.90 Å². The average Bonchev–Trinajstić information content (AvgIpc) is 2.41. The zero-order chi connectivity index (χ0) is 12.6. The van der Waals surface area contributed by atoms with Gasteiger partial charge >= 0.3 is 5.97 Å². The number of nitrogens with zero attached hydrogens (tertiary/aromatic N) is 2. The SMILES string of the molecule is Cc1nn(C)c(Cl)c1CNC1(C(=O)O)CCC1. The molecule has 0 spiro atoms. The molecule has 1 aliphatic rings. The molecule has 1 aromatic rings. The summed E-state index contributed by atoms with van der Waals surface area (Å²) in [5.41, 5.74) is 0.956. The van der Waals surface area contributed by atoms with Crippen molar-refractivity contribution in [3.8, 4) is 0 Å². The zero-order valence-corrected chi connectivity index (χ0v) is 10.7. The molecule has 0 unspecified atom stereocenters. The Kier molecular flexibility index (Phi) is 3.14. The van der Waals surface area contributed by atoms with Crippen LogP contribution in [0.1, 0.15) is 30.5 Å². The Hall–Kier alpha value is -1.07. The molecule has 0 radical (unpaired) electrons. The molecule has 1 fully saturated rings. The molecule has 1 heterocycles. The summed E-state index contributed by atoms with van der Waals surface area (Å²) in [5.74, 6) is -0.776. The van der Waals surface area contributed by atoms with Gasteiger partial charge in [-0.15, -0.1) is 0 Å². The maximum absolute atomic E-state index is 11.2. The fraction of sp³-hybridized carbons (Fsp3) is 0.636. The van der Waals surface area contributed by atoms with Crippen molar-refractivity contribution in [3.63, 3.8) is 0 Å². The lowest BCUT2D eigenvalue weighted by Gasteiger charge is -2.38. The summed E-state index contributed by atoms with van der Waals surface area (Å²) in [6, 6.07) is 0. The van der Waals surface area contributed by atoms with Gasteiger partial charge in [-0.05, 0) is 26.2 Å². The second kappa shape index (κ2) is 4.31. The van der Waals surface area contributed by atoms with E-state index in [0.29, 0.717) is 24.5 Å². The van der Waals surface area contributed by atoms with Crippen molar-refractivity contribution in [3.05, 3.63) is 16.4 Å². The van der Waals surface area contributed by atoms with Gasteiger partial charge in [-0.3, -0.25) is 14.8 Å². The lowest BCUT2D eigenvalue weighted by molar-refractivity contribution is -0.148. The van der Waals surface area contributed by atoms with Gasteiger partial charge in [-0.2, -0.15) is 5.10 Å². The third kappa shape index (κ3) is 2.05. The van der Waals surface area contributed by atoms with Crippen LogP contribution in [-0.2, 0) is 18.4 Å². The van der Waals surface area contributed by atoms with Gasteiger partial charge in [-0.1, -0.05) is 11.6 Å². The van der Waals surface area contributed by atoms with Crippen LogP contribution in [0.25, 0.3) is 0 Å². The molecule has 17 heavy (non-hydrogen) atoms. The second-order valence-corrected chi connectivity index (χ2v) is 4.93. The summed E-state index contributed by atoms with van der Waals surface area (Å²) >= 11 is 6.10. The first-order chi connectivity index (χ1) is 7.96. The first-order valence-corrected chi connectivity index (χ1v) is 6.00.